The molecule has 0 saturated heterocycles. The summed E-state index contributed by atoms with van der Waals surface area (Å²) < 4.78 is 66.3. The predicted octanol–water partition coefficient (Wildman–Crippen LogP) is 5.84. The summed E-state index contributed by atoms with van der Waals surface area (Å²) in [6, 6.07) is 16.1. The van der Waals surface area contributed by atoms with Crippen LogP contribution in [0.2, 0.25) is 0 Å². The molecule has 0 fully saturated rings. The molecule has 4 aromatic rings. The molecule has 176 valence electrons. The number of fused-ring (bicyclic) bond motifs is 8. The summed E-state index contributed by atoms with van der Waals surface area (Å²) in [6.07, 6.45) is 8.53. The van der Waals surface area contributed by atoms with Gasteiger partial charge in [0.2, 0.25) is 0 Å². The van der Waals surface area contributed by atoms with Crippen LogP contribution >= 0.6 is 0 Å². The molecule has 6 rings (SSSR count). The summed E-state index contributed by atoms with van der Waals surface area (Å²) in [5.74, 6) is -0.382. The predicted molar refractivity (Wildman–Crippen MR) is 133 cm³/mol. The zero-order chi connectivity index (χ0) is 24.8. The van der Waals surface area contributed by atoms with Crippen molar-refractivity contribution in [3.63, 3.8) is 0 Å². The van der Waals surface area contributed by atoms with Gasteiger partial charge in [-0.05, 0) is 90.3 Å². The second-order valence-electron chi connectivity index (χ2n) is 9.44. The van der Waals surface area contributed by atoms with Crippen molar-refractivity contribution >= 4 is 54.1 Å². The van der Waals surface area contributed by atoms with Crippen molar-refractivity contribution in [1.29, 1.82) is 0 Å². The highest BCUT2D eigenvalue weighted by atomic mass is 32.2. The molecule has 4 aromatic carbocycles. The van der Waals surface area contributed by atoms with E-state index in [0.717, 1.165) is 37.4 Å². The van der Waals surface area contributed by atoms with E-state index in [1.165, 1.54) is 23.3 Å². The molecule has 0 atom stereocenters. The van der Waals surface area contributed by atoms with E-state index in [4.69, 9.17) is 0 Å². The van der Waals surface area contributed by atoms with Crippen molar-refractivity contribution in [3.8, 4) is 5.75 Å². The van der Waals surface area contributed by atoms with Crippen LogP contribution in [-0.4, -0.2) is 13.9 Å². The highest BCUT2D eigenvalue weighted by molar-refractivity contribution is 7.88. The molecule has 0 amide bonds. The number of rotatable bonds is 2. The largest absolute Gasteiger partial charge is 0.534 e. The Kier molecular flexibility index (Phi) is 4.37. The van der Waals surface area contributed by atoms with E-state index in [1.807, 2.05) is 24.3 Å². The van der Waals surface area contributed by atoms with E-state index in [9.17, 15) is 21.6 Å². The highest BCUT2D eigenvalue weighted by Crippen LogP contribution is 2.40. The van der Waals surface area contributed by atoms with Gasteiger partial charge in [-0.3, -0.25) is 0 Å². The number of alkyl halides is 3. The van der Waals surface area contributed by atoms with Gasteiger partial charge in [-0.1, -0.05) is 56.3 Å². The Morgan fingerprint density at radius 3 is 2.14 bits per heavy atom. The second kappa shape index (κ2) is 6.98. The Labute approximate surface area is 199 Å². The maximum atomic E-state index is 12.9. The third kappa shape index (κ3) is 3.22. The lowest BCUT2D eigenvalue weighted by Gasteiger charge is -2.26. The second-order valence-corrected chi connectivity index (χ2v) is 11.0. The average Bonchev–Trinajstić information content (AvgIpc) is 3.16. The lowest BCUT2D eigenvalue weighted by Crippen LogP contribution is -2.28. The summed E-state index contributed by atoms with van der Waals surface area (Å²) in [4.78, 5) is 0. The minimum Gasteiger partial charge on any atom is -0.376 e. The Balaban J connectivity index is 1.71. The van der Waals surface area contributed by atoms with Gasteiger partial charge < -0.3 is 4.18 Å². The average molecular weight is 493 g/mol. The molecule has 0 heterocycles. The fourth-order valence-corrected chi connectivity index (χ4v) is 5.73. The number of benzene rings is 4. The molecule has 2 aliphatic carbocycles. The molecule has 0 aromatic heterocycles. The normalized spacial score (nSPS) is 16.8. The molecule has 3 nitrogen and oxygen atoms in total. The van der Waals surface area contributed by atoms with Crippen LogP contribution in [0.25, 0.3) is 44.0 Å². The van der Waals surface area contributed by atoms with Crippen LogP contribution in [0.1, 0.15) is 13.8 Å². The zero-order valence-corrected chi connectivity index (χ0v) is 19.6. The molecule has 0 aliphatic heterocycles. The number of hydrogen-bond acceptors (Lipinski definition) is 3. The van der Waals surface area contributed by atoms with E-state index in [-0.39, 0.29) is 11.2 Å². The van der Waals surface area contributed by atoms with Gasteiger partial charge in [0.15, 0.2) is 0 Å². The quantitative estimate of drug-likeness (QED) is 0.201. The van der Waals surface area contributed by atoms with Crippen LogP contribution in [0.4, 0.5) is 13.2 Å². The van der Waals surface area contributed by atoms with Crippen molar-refractivity contribution in [2.45, 2.75) is 19.4 Å². The van der Waals surface area contributed by atoms with Crippen LogP contribution in [-0.2, 0) is 10.1 Å². The van der Waals surface area contributed by atoms with Crippen LogP contribution < -0.4 is 14.6 Å². The van der Waals surface area contributed by atoms with Crippen LogP contribution in [0.15, 0.2) is 78.4 Å². The first-order valence-electron chi connectivity index (χ1n) is 11.0. The highest BCUT2D eigenvalue weighted by Gasteiger charge is 2.48. The van der Waals surface area contributed by atoms with Gasteiger partial charge in [-0.25, -0.2) is 0 Å². The fourth-order valence-electron chi connectivity index (χ4n) is 5.28. The molecule has 0 saturated carbocycles. The van der Waals surface area contributed by atoms with Gasteiger partial charge in [-0.2, -0.15) is 21.6 Å². The number of allylic oxidation sites excluding steroid dienone is 4. The molecule has 2 aliphatic rings. The number of halogens is 3. The van der Waals surface area contributed by atoms with Crippen LogP contribution in [0.3, 0.4) is 0 Å². The van der Waals surface area contributed by atoms with E-state index >= 15 is 0 Å². The maximum absolute atomic E-state index is 12.9. The first-order chi connectivity index (χ1) is 16.5. The molecular weight excluding hydrogens is 473 g/mol. The third-order valence-corrected chi connectivity index (χ3v) is 7.75. The summed E-state index contributed by atoms with van der Waals surface area (Å²) in [5.41, 5.74) is -3.26. The van der Waals surface area contributed by atoms with E-state index in [2.05, 4.69) is 54.5 Å². The van der Waals surface area contributed by atoms with Gasteiger partial charge >= 0.3 is 15.6 Å². The van der Waals surface area contributed by atoms with Gasteiger partial charge in [-0.15, -0.1) is 0 Å². The molecule has 35 heavy (non-hydrogen) atoms. The molecule has 0 unspecified atom stereocenters. The molecule has 0 bridgehead atoms. The zero-order valence-electron chi connectivity index (χ0n) is 18.8. The monoisotopic (exact) mass is 492 g/mol. The van der Waals surface area contributed by atoms with Crippen molar-refractivity contribution in [1.82, 2.24) is 0 Å². The minimum absolute atomic E-state index is 0.154. The summed E-state index contributed by atoms with van der Waals surface area (Å²) in [6.45, 7) is 4.34. The molecule has 0 spiro atoms. The molecule has 7 heteroatoms. The van der Waals surface area contributed by atoms with Gasteiger partial charge in [0.05, 0.1) is 0 Å². The first kappa shape index (κ1) is 21.9. The Hall–Kier alpha value is -3.58. The van der Waals surface area contributed by atoms with Crippen molar-refractivity contribution in [2.24, 2.45) is 5.41 Å². The first-order valence-corrected chi connectivity index (χ1v) is 12.4. The lowest BCUT2D eigenvalue weighted by atomic mass is 9.77. The smallest absolute Gasteiger partial charge is 0.376 e. The Bertz CT molecular complexity index is 1890. The third-order valence-electron chi connectivity index (χ3n) is 6.77. The van der Waals surface area contributed by atoms with E-state index in [1.54, 1.807) is 6.07 Å². The lowest BCUT2D eigenvalue weighted by molar-refractivity contribution is -0.0500. The molecule has 0 N–H and O–H groups in total. The standard InChI is InChI=1S/C28H19F3O3S/c1-27(2)11-5-6-16-12-17-13-23-19-7-3-4-8-20(19)24-14-18(34-35(32,33)28(29,30)31)9-10-21(24)25(23)15-22(17)26(16)27/h3-15H,1-2H3. The van der Waals surface area contributed by atoms with Crippen molar-refractivity contribution in [2.75, 3.05) is 0 Å². The SMILES string of the molecule is CC1(C)C=CC=C2C=c3cc4c5ccccc5c5cc(OS(=O)(=O)C(F)(F)F)ccc5c4cc3=C21. The van der Waals surface area contributed by atoms with Gasteiger partial charge in [0.1, 0.15) is 5.75 Å². The fraction of sp³-hybridized carbons (Fsp3) is 0.143. The molecular formula is C28H19F3O3S. The van der Waals surface area contributed by atoms with Crippen LogP contribution in [0.5, 0.6) is 5.75 Å². The van der Waals surface area contributed by atoms with Gasteiger partial charge in [0, 0.05) is 5.41 Å². The minimum atomic E-state index is -5.77. The van der Waals surface area contributed by atoms with E-state index < -0.39 is 15.6 Å². The summed E-state index contributed by atoms with van der Waals surface area (Å²) in [7, 11) is -5.77. The summed E-state index contributed by atoms with van der Waals surface area (Å²) in [5, 5.41) is 7.35. The summed E-state index contributed by atoms with van der Waals surface area (Å²) >= 11 is 0. The molecule has 0 radical (unpaired) electrons. The Morgan fingerprint density at radius 1 is 0.829 bits per heavy atom. The maximum Gasteiger partial charge on any atom is 0.534 e. The van der Waals surface area contributed by atoms with Crippen molar-refractivity contribution in [3.05, 3.63) is 88.8 Å². The topological polar surface area (TPSA) is 43.4 Å². The Morgan fingerprint density at radius 2 is 1.46 bits per heavy atom. The van der Waals surface area contributed by atoms with E-state index in [0.29, 0.717) is 5.39 Å². The number of hydrogen-bond donors (Lipinski definition) is 0. The van der Waals surface area contributed by atoms with Crippen molar-refractivity contribution < 1.29 is 25.8 Å². The van der Waals surface area contributed by atoms with Gasteiger partial charge in [0.25, 0.3) is 0 Å². The van der Waals surface area contributed by atoms with Crippen LogP contribution in [0, 0.1) is 5.41 Å².